The van der Waals surface area contributed by atoms with Crippen molar-refractivity contribution in [3.8, 4) is 11.1 Å². The van der Waals surface area contributed by atoms with E-state index < -0.39 is 11.9 Å². The summed E-state index contributed by atoms with van der Waals surface area (Å²) in [4.78, 5) is 23.7. The van der Waals surface area contributed by atoms with Gasteiger partial charge in [-0.1, -0.05) is 42.5 Å². The van der Waals surface area contributed by atoms with Crippen molar-refractivity contribution < 1.29 is 9.59 Å². The smallest absolute Gasteiger partial charge is 0.252 e. The van der Waals surface area contributed by atoms with Crippen LogP contribution in [0.1, 0.15) is 22.0 Å². The number of hydrogen-bond donors (Lipinski definition) is 2. The lowest BCUT2D eigenvalue weighted by Crippen LogP contribution is -2.36. The molecule has 0 bridgehead atoms. The van der Waals surface area contributed by atoms with Crippen LogP contribution in [0.25, 0.3) is 11.1 Å². The van der Waals surface area contributed by atoms with Crippen LogP contribution >= 0.6 is 0 Å². The van der Waals surface area contributed by atoms with Gasteiger partial charge in [-0.2, -0.15) is 0 Å². The van der Waals surface area contributed by atoms with E-state index in [-0.39, 0.29) is 5.91 Å². The quantitative estimate of drug-likeness (QED) is 0.809. The summed E-state index contributed by atoms with van der Waals surface area (Å²) in [7, 11) is 0. The highest BCUT2D eigenvalue weighted by Crippen LogP contribution is 2.33. The molecule has 1 unspecified atom stereocenters. The molecule has 2 aromatic rings. The number of carbonyl (C=O) groups is 2. The molecule has 4 heteroatoms. The van der Waals surface area contributed by atoms with Crippen molar-refractivity contribution in [2.45, 2.75) is 6.04 Å². The second kappa shape index (κ2) is 4.24. The molecule has 0 radical (unpaired) electrons. The van der Waals surface area contributed by atoms with Crippen molar-refractivity contribution in [2.75, 3.05) is 0 Å². The zero-order valence-corrected chi connectivity index (χ0v) is 10.1. The molecule has 3 N–H and O–H groups in total. The Hall–Kier alpha value is -2.62. The molecule has 1 aliphatic rings. The summed E-state index contributed by atoms with van der Waals surface area (Å²) in [5.74, 6) is -0.843. The van der Waals surface area contributed by atoms with E-state index in [4.69, 9.17) is 5.73 Å². The summed E-state index contributed by atoms with van der Waals surface area (Å²) in [6, 6.07) is 13.9. The molecular formula is C15H12N2O2. The van der Waals surface area contributed by atoms with Crippen molar-refractivity contribution in [3.63, 3.8) is 0 Å². The van der Waals surface area contributed by atoms with Gasteiger partial charge in [-0.05, 0) is 22.8 Å². The topological polar surface area (TPSA) is 72.2 Å². The Kier molecular flexibility index (Phi) is 2.56. The maximum Gasteiger partial charge on any atom is 0.252 e. The third-order valence-electron chi connectivity index (χ3n) is 3.29. The zero-order valence-electron chi connectivity index (χ0n) is 10.1. The summed E-state index contributed by atoms with van der Waals surface area (Å²) in [6.07, 6.45) is 0. The number of carbonyl (C=O) groups excluding carboxylic acids is 2. The summed E-state index contributed by atoms with van der Waals surface area (Å²) in [5, 5.41) is 2.68. The molecule has 1 atom stereocenters. The Balaban J connectivity index is 2.31. The highest BCUT2D eigenvalue weighted by molar-refractivity contribution is 6.05. The minimum atomic E-state index is -0.795. The molecule has 3 rings (SSSR count). The minimum Gasteiger partial charge on any atom is -0.368 e. The normalized spacial score (nSPS) is 16.8. The molecular weight excluding hydrogens is 240 g/mol. The van der Waals surface area contributed by atoms with Crippen molar-refractivity contribution in [1.29, 1.82) is 0 Å². The first kappa shape index (κ1) is 11.5. The predicted octanol–water partition coefficient (Wildman–Crippen LogP) is 1.62. The SMILES string of the molecule is NC(=O)C1NC(=O)c2ccccc2-c2ccccc21. The molecule has 0 saturated heterocycles. The van der Waals surface area contributed by atoms with Gasteiger partial charge in [0.15, 0.2) is 0 Å². The van der Waals surface area contributed by atoms with Gasteiger partial charge in [0, 0.05) is 5.56 Å². The molecule has 0 saturated carbocycles. The first-order valence-corrected chi connectivity index (χ1v) is 5.97. The second-order valence-corrected chi connectivity index (χ2v) is 4.44. The summed E-state index contributed by atoms with van der Waals surface area (Å²) in [6.45, 7) is 0. The fourth-order valence-corrected chi connectivity index (χ4v) is 2.42. The molecule has 2 aromatic carbocycles. The van der Waals surface area contributed by atoms with Gasteiger partial charge in [-0.3, -0.25) is 9.59 Å². The zero-order chi connectivity index (χ0) is 13.4. The summed E-state index contributed by atoms with van der Waals surface area (Å²) >= 11 is 0. The lowest BCUT2D eigenvalue weighted by Gasteiger charge is -2.14. The van der Waals surface area contributed by atoms with Gasteiger partial charge < -0.3 is 11.1 Å². The third-order valence-corrected chi connectivity index (χ3v) is 3.29. The fraction of sp³-hybridized carbons (Fsp3) is 0.0667. The number of hydrogen-bond acceptors (Lipinski definition) is 2. The van der Waals surface area contributed by atoms with E-state index in [1.54, 1.807) is 12.1 Å². The fourth-order valence-electron chi connectivity index (χ4n) is 2.42. The highest BCUT2D eigenvalue weighted by Gasteiger charge is 2.28. The Labute approximate surface area is 110 Å². The van der Waals surface area contributed by atoms with Gasteiger partial charge in [0.2, 0.25) is 5.91 Å². The van der Waals surface area contributed by atoms with Crippen molar-refractivity contribution >= 4 is 11.8 Å². The molecule has 1 aliphatic heterocycles. The number of rotatable bonds is 1. The van der Waals surface area contributed by atoms with E-state index in [9.17, 15) is 9.59 Å². The average molecular weight is 252 g/mol. The molecule has 4 nitrogen and oxygen atoms in total. The predicted molar refractivity (Wildman–Crippen MR) is 71.3 cm³/mol. The Morgan fingerprint density at radius 3 is 2.21 bits per heavy atom. The van der Waals surface area contributed by atoms with Crippen LogP contribution in [0.2, 0.25) is 0 Å². The van der Waals surface area contributed by atoms with E-state index in [1.165, 1.54) is 0 Å². The molecule has 19 heavy (non-hydrogen) atoms. The molecule has 0 aromatic heterocycles. The van der Waals surface area contributed by atoms with E-state index in [1.807, 2.05) is 36.4 Å². The van der Waals surface area contributed by atoms with Gasteiger partial charge in [-0.15, -0.1) is 0 Å². The first-order valence-electron chi connectivity index (χ1n) is 5.97. The van der Waals surface area contributed by atoms with Crippen molar-refractivity contribution in [1.82, 2.24) is 5.32 Å². The van der Waals surface area contributed by atoms with E-state index in [0.29, 0.717) is 5.56 Å². The molecule has 2 amide bonds. The van der Waals surface area contributed by atoms with Crippen LogP contribution in [0.4, 0.5) is 0 Å². The highest BCUT2D eigenvalue weighted by atomic mass is 16.2. The van der Waals surface area contributed by atoms with Crippen LogP contribution < -0.4 is 11.1 Å². The van der Waals surface area contributed by atoms with Gasteiger partial charge in [0.25, 0.3) is 5.91 Å². The van der Waals surface area contributed by atoms with Crippen LogP contribution in [0, 0.1) is 0 Å². The standard InChI is InChI=1S/C15H12N2O2/c16-14(18)13-11-7-3-1-5-9(11)10-6-2-4-8-12(10)15(19)17-13/h1-8,13H,(H2,16,18)(H,17,19). The second-order valence-electron chi connectivity index (χ2n) is 4.44. The lowest BCUT2D eigenvalue weighted by atomic mass is 9.94. The van der Waals surface area contributed by atoms with Gasteiger partial charge >= 0.3 is 0 Å². The number of benzene rings is 2. The van der Waals surface area contributed by atoms with Crippen LogP contribution in [-0.2, 0) is 4.79 Å². The van der Waals surface area contributed by atoms with Crippen molar-refractivity contribution in [3.05, 3.63) is 59.7 Å². The summed E-state index contributed by atoms with van der Waals surface area (Å²) < 4.78 is 0. The summed E-state index contributed by atoms with van der Waals surface area (Å²) in [5.41, 5.74) is 8.36. The third kappa shape index (κ3) is 1.78. The number of amides is 2. The molecule has 0 aliphatic carbocycles. The Morgan fingerprint density at radius 1 is 0.947 bits per heavy atom. The minimum absolute atomic E-state index is 0.282. The monoisotopic (exact) mass is 252 g/mol. The molecule has 94 valence electrons. The van der Waals surface area contributed by atoms with Crippen molar-refractivity contribution in [2.24, 2.45) is 5.73 Å². The average Bonchev–Trinajstić information content (AvgIpc) is 2.56. The maximum absolute atomic E-state index is 12.2. The number of nitrogens with two attached hydrogens (primary N) is 1. The largest absolute Gasteiger partial charge is 0.368 e. The first-order chi connectivity index (χ1) is 9.18. The van der Waals surface area contributed by atoms with E-state index >= 15 is 0 Å². The lowest BCUT2D eigenvalue weighted by molar-refractivity contribution is -0.119. The van der Waals surface area contributed by atoms with E-state index in [2.05, 4.69) is 5.32 Å². The number of nitrogens with one attached hydrogen (secondary N) is 1. The van der Waals surface area contributed by atoms with Gasteiger partial charge in [-0.25, -0.2) is 0 Å². The Bertz CT molecular complexity index is 679. The van der Waals surface area contributed by atoms with E-state index in [0.717, 1.165) is 16.7 Å². The van der Waals surface area contributed by atoms with Gasteiger partial charge in [0.1, 0.15) is 6.04 Å². The van der Waals surface area contributed by atoms with Crippen LogP contribution in [0.15, 0.2) is 48.5 Å². The molecule has 0 fully saturated rings. The number of fused-ring (bicyclic) bond motifs is 3. The van der Waals surface area contributed by atoms with Gasteiger partial charge in [0.05, 0.1) is 0 Å². The molecule has 0 spiro atoms. The maximum atomic E-state index is 12.2. The Morgan fingerprint density at radius 2 is 1.53 bits per heavy atom. The van der Waals surface area contributed by atoms with Crippen LogP contribution in [-0.4, -0.2) is 11.8 Å². The number of primary amides is 1. The van der Waals surface area contributed by atoms with Crippen LogP contribution in [0.3, 0.4) is 0 Å². The van der Waals surface area contributed by atoms with Crippen LogP contribution in [0.5, 0.6) is 0 Å². The molecule has 1 heterocycles.